The molecule has 0 spiro atoms. The molecule has 0 radical (unpaired) electrons. The first-order valence-electron chi connectivity index (χ1n) is 8.53. The van der Waals surface area contributed by atoms with Gasteiger partial charge in [-0.2, -0.15) is 0 Å². The van der Waals surface area contributed by atoms with Crippen molar-refractivity contribution in [3.05, 3.63) is 35.4 Å². The van der Waals surface area contributed by atoms with Crippen LogP contribution in [0.3, 0.4) is 0 Å². The Morgan fingerprint density at radius 3 is 2.26 bits per heavy atom. The second kappa shape index (κ2) is 9.29. The van der Waals surface area contributed by atoms with Gasteiger partial charge < -0.3 is 10.2 Å². The zero-order valence-corrected chi connectivity index (χ0v) is 15.7. The van der Waals surface area contributed by atoms with Crippen molar-refractivity contribution < 1.29 is 4.79 Å². The van der Waals surface area contributed by atoms with E-state index in [1.165, 1.54) is 5.56 Å². The van der Waals surface area contributed by atoms with Gasteiger partial charge in [0.2, 0.25) is 5.91 Å². The largest absolute Gasteiger partial charge is 0.353 e. The van der Waals surface area contributed by atoms with Crippen LogP contribution in [0.1, 0.15) is 50.7 Å². The van der Waals surface area contributed by atoms with Crippen molar-refractivity contribution >= 4 is 18.3 Å². The molecule has 1 N–H and O–H groups in total. The molecule has 23 heavy (non-hydrogen) atoms. The summed E-state index contributed by atoms with van der Waals surface area (Å²) < 4.78 is 0. The van der Waals surface area contributed by atoms with E-state index in [1.807, 2.05) is 6.92 Å². The summed E-state index contributed by atoms with van der Waals surface area (Å²) in [6.45, 7) is 8.60. The van der Waals surface area contributed by atoms with E-state index in [0.717, 1.165) is 37.9 Å². The fourth-order valence-electron chi connectivity index (χ4n) is 3.04. The van der Waals surface area contributed by atoms with Gasteiger partial charge in [-0.05, 0) is 63.4 Å². The number of hydrogen-bond donors (Lipinski definition) is 1. The molecule has 1 heterocycles. The van der Waals surface area contributed by atoms with Gasteiger partial charge in [0.15, 0.2) is 0 Å². The van der Waals surface area contributed by atoms with Crippen LogP contribution in [0, 0.1) is 5.92 Å². The van der Waals surface area contributed by atoms with Gasteiger partial charge in [-0.25, -0.2) is 0 Å². The first-order valence-corrected chi connectivity index (χ1v) is 8.53. The van der Waals surface area contributed by atoms with Crippen molar-refractivity contribution in [2.75, 3.05) is 20.1 Å². The van der Waals surface area contributed by atoms with Gasteiger partial charge in [0.1, 0.15) is 0 Å². The van der Waals surface area contributed by atoms with Crippen molar-refractivity contribution in [1.29, 1.82) is 0 Å². The van der Waals surface area contributed by atoms with E-state index in [2.05, 4.69) is 55.4 Å². The molecule has 1 aliphatic heterocycles. The Morgan fingerprint density at radius 2 is 1.74 bits per heavy atom. The monoisotopic (exact) mass is 338 g/mol. The highest BCUT2D eigenvalue weighted by atomic mass is 35.5. The third-order valence-electron chi connectivity index (χ3n) is 4.58. The minimum Gasteiger partial charge on any atom is -0.353 e. The molecule has 1 aromatic carbocycles. The minimum atomic E-state index is -0.0762. The fourth-order valence-corrected chi connectivity index (χ4v) is 3.04. The molecular weight excluding hydrogens is 308 g/mol. The van der Waals surface area contributed by atoms with E-state index in [-0.39, 0.29) is 24.2 Å². The number of carbonyl (C=O) groups excluding carboxylic acids is 1. The molecule has 0 aromatic heterocycles. The summed E-state index contributed by atoms with van der Waals surface area (Å²) in [5.74, 6) is 0.745. The van der Waals surface area contributed by atoms with Crippen molar-refractivity contribution in [2.45, 2.75) is 52.0 Å². The van der Waals surface area contributed by atoms with Crippen molar-refractivity contribution in [3.63, 3.8) is 0 Å². The number of likely N-dealkylation sites (tertiary alicyclic amines) is 1. The van der Waals surface area contributed by atoms with Crippen LogP contribution in [0.4, 0.5) is 0 Å². The highest BCUT2D eigenvalue weighted by molar-refractivity contribution is 5.85. The highest BCUT2D eigenvalue weighted by Gasteiger charge is 2.22. The Kier molecular flexibility index (Phi) is 8.07. The lowest BCUT2D eigenvalue weighted by Crippen LogP contribution is -2.44. The van der Waals surface area contributed by atoms with Crippen LogP contribution in [-0.2, 0) is 11.2 Å². The molecule has 2 rings (SSSR count). The number of rotatable bonds is 5. The normalized spacial score (nSPS) is 17.6. The number of nitrogens with zero attached hydrogens (tertiary/aromatic N) is 1. The number of halogens is 1. The molecule has 1 amide bonds. The summed E-state index contributed by atoms with van der Waals surface area (Å²) in [4.78, 5) is 14.8. The lowest BCUT2D eigenvalue weighted by Gasteiger charge is -2.30. The zero-order chi connectivity index (χ0) is 16.1. The summed E-state index contributed by atoms with van der Waals surface area (Å²) in [7, 11) is 2.14. The smallest absolute Gasteiger partial charge is 0.227 e. The molecule has 1 aromatic rings. The first kappa shape index (κ1) is 20.0. The van der Waals surface area contributed by atoms with Crippen LogP contribution in [0.25, 0.3) is 0 Å². The topological polar surface area (TPSA) is 32.3 Å². The van der Waals surface area contributed by atoms with Gasteiger partial charge in [-0.15, -0.1) is 12.4 Å². The maximum Gasteiger partial charge on any atom is 0.227 e. The fraction of sp³-hybridized carbons (Fsp3) is 0.632. The molecule has 4 heteroatoms. The first-order chi connectivity index (χ1) is 10.5. The third-order valence-corrected chi connectivity index (χ3v) is 4.58. The van der Waals surface area contributed by atoms with Gasteiger partial charge in [0.05, 0.1) is 5.92 Å². The quantitative estimate of drug-likeness (QED) is 0.889. The Hall–Kier alpha value is -1.06. The van der Waals surface area contributed by atoms with Gasteiger partial charge in [-0.1, -0.05) is 38.1 Å². The summed E-state index contributed by atoms with van der Waals surface area (Å²) in [6, 6.07) is 8.88. The van der Waals surface area contributed by atoms with Crippen molar-refractivity contribution in [1.82, 2.24) is 10.2 Å². The second-order valence-electron chi connectivity index (χ2n) is 7.15. The summed E-state index contributed by atoms with van der Waals surface area (Å²) in [5.41, 5.74) is 2.46. The van der Waals surface area contributed by atoms with Gasteiger partial charge in [0, 0.05) is 6.04 Å². The van der Waals surface area contributed by atoms with Crippen molar-refractivity contribution in [3.8, 4) is 0 Å². The standard InChI is InChI=1S/C19H30N2O.ClH/c1-14(2)13-16-5-7-17(8-6-16)15(3)19(22)20-18-9-11-21(4)12-10-18;/h5-8,14-15,18H,9-13H2,1-4H3,(H,20,22);1H. The summed E-state index contributed by atoms with van der Waals surface area (Å²) in [5, 5.41) is 3.22. The molecule has 130 valence electrons. The highest BCUT2D eigenvalue weighted by Crippen LogP contribution is 2.19. The SMILES string of the molecule is CC(C)Cc1ccc(C(C)C(=O)NC2CCN(C)CC2)cc1.Cl. The van der Waals surface area contributed by atoms with Gasteiger partial charge >= 0.3 is 0 Å². The number of nitrogens with one attached hydrogen (secondary N) is 1. The number of benzene rings is 1. The van der Waals surface area contributed by atoms with Crippen LogP contribution in [0.5, 0.6) is 0 Å². The molecule has 1 fully saturated rings. The van der Waals surface area contributed by atoms with Crippen LogP contribution in [0.15, 0.2) is 24.3 Å². The van der Waals surface area contributed by atoms with Crippen molar-refractivity contribution in [2.24, 2.45) is 5.92 Å². The maximum absolute atomic E-state index is 12.4. The molecular formula is C19H31ClN2O. The predicted octanol–water partition coefficient (Wildman–Crippen LogP) is 3.62. The second-order valence-corrected chi connectivity index (χ2v) is 7.15. The Balaban J connectivity index is 0.00000264. The number of piperidine rings is 1. The molecule has 0 saturated carbocycles. The predicted molar refractivity (Wildman–Crippen MR) is 99.3 cm³/mol. The van der Waals surface area contributed by atoms with Crippen LogP contribution < -0.4 is 5.32 Å². The molecule has 1 atom stereocenters. The Morgan fingerprint density at radius 1 is 1.17 bits per heavy atom. The molecule has 1 unspecified atom stereocenters. The number of hydrogen-bond acceptors (Lipinski definition) is 2. The molecule has 0 bridgehead atoms. The van der Waals surface area contributed by atoms with E-state index in [4.69, 9.17) is 0 Å². The zero-order valence-electron chi connectivity index (χ0n) is 14.8. The maximum atomic E-state index is 12.4. The van der Waals surface area contributed by atoms with Crippen LogP contribution in [-0.4, -0.2) is 37.0 Å². The average Bonchev–Trinajstić information content (AvgIpc) is 2.49. The van der Waals surface area contributed by atoms with E-state index in [1.54, 1.807) is 0 Å². The third kappa shape index (κ3) is 6.15. The van der Waals surface area contributed by atoms with E-state index >= 15 is 0 Å². The van der Waals surface area contributed by atoms with E-state index in [0.29, 0.717) is 12.0 Å². The molecule has 1 aliphatic rings. The average molecular weight is 339 g/mol. The summed E-state index contributed by atoms with van der Waals surface area (Å²) >= 11 is 0. The number of carbonyl (C=O) groups is 1. The van der Waals surface area contributed by atoms with E-state index in [9.17, 15) is 4.79 Å². The Bertz CT molecular complexity index is 479. The summed E-state index contributed by atoms with van der Waals surface area (Å²) in [6.07, 6.45) is 3.21. The van der Waals surface area contributed by atoms with Gasteiger partial charge in [0.25, 0.3) is 0 Å². The van der Waals surface area contributed by atoms with Crippen LogP contribution in [0.2, 0.25) is 0 Å². The molecule has 0 aliphatic carbocycles. The molecule has 3 nitrogen and oxygen atoms in total. The Labute approximate surface area is 147 Å². The van der Waals surface area contributed by atoms with E-state index < -0.39 is 0 Å². The van der Waals surface area contributed by atoms with Gasteiger partial charge in [-0.3, -0.25) is 4.79 Å². The number of amides is 1. The minimum absolute atomic E-state index is 0. The molecule has 1 saturated heterocycles. The lowest BCUT2D eigenvalue weighted by atomic mass is 9.95. The lowest BCUT2D eigenvalue weighted by molar-refractivity contribution is -0.123. The van der Waals surface area contributed by atoms with Crippen LogP contribution >= 0.6 is 12.4 Å².